The fraction of sp³-hybridized carbons (Fsp3) is 0.182. The smallest absolute Gasteiger partial charge is 0.257 e. The van der Waals surface area contributed by atoms with Crippen molar-refractivity contribution in [2.45, 2.75) is 19.8 Å². The van der Waals surface area contributed by atoms with Gasteiger partial charge in [0.15, 0.2) is 5.13 Å². The normalized spacial score (nSPS) is 11.3. The average Bonchev–Trinajstić information content (AvgIpc) is 3.27. The van der Waals surface area contributed by atoms with Gasteiger partial charge in [0.25, 0.3) is 5.91 Å². The molecule has 0 fully saturated rings. The molecule has 0 spiro atoms. The molecule has 0 aliphatic heterocycles. The van der Waals surface area contributed by atoms with Crippen LogP contribution in [0.2, 0.25) is 0 Å². The topological polar surface area (TPSA) is 46.9 Å². The molecule has 0 aliphatic rings. The predicted octanol–water partition coefficient (Wildman–Crippen LogP) is 5.68. The third-order valence-corrected chi connectivity index (χ3v) is 5.90. The van der Waals surface area contributed by atoms with Crippen LogP contribution in [0.15, 0.2) is 60.8 Å². The van der Waals surface area contributed by atoms with Crippen LogP contribution < -0.4 is 5.32 Å². The molecule has 27 heavy (non-hydrogen) atoms. The molecule has 0 radical (unpaired) electrons. The number of amides is 1. The second-order valence-electron chi connectivity index (χ2n) is 6.90. The zero-order valence-corrected chi connectivity index (χ0v) is 16.4. The largest absolute Gasteiger partial charge is 0.344 e. The molecule has 0 saturated heterocycles. The highest BCUT2D eigenvalue weighted by atomic mass is 32.1. The van der Waals surface area contributed by atoms with E-state index in [0.717, 1.165) is 27.0 Å². The first-order valence-corrected chi connectivity index (χ1v) is 9.76. The van der Waals surface area contributed by atoms with Crippen LogP contribution in [-0.2, 0) is 7.05 Å². The van der Waals surface area contributed by atoms with Gasteiger partial charge in [-0.1, -0.05) is 44.2 Å². The molecule has 0 atom stereocenters. The van der Waals surface area contributed by atoms with Crippen LogP contribution in [-0.4, -0.2) is 15.5 Å². The van der Waals surface area contributed by atoms with Gasteiger partial charge in [-0.05, 0) is 35.7 Å². The van der Waals surface area contributed by atoms with Gasteiger partial charge in [0.05, 0.1) is 0 Å². The van der Waals surface area contributed by atoms with Crippen LogP contribution in [0, 0.1) is 0 Å². The average molecular weight is 375 g/mol. The second kappa shape index (κ2) is 7.00. The number of benzene rings is 2. The molecular formula is C22H21N3OS. The maximum absolute atomic E-state index is 12.6. The lowest BCUT2D eigenvalue weighted by Gasteiger charge is -2.05. The first kappa shape index (κ1) is 17.5. The molecule has 2 heterocycles. The van der Waals surface area contributed by atoms with Gasteiger partial charge >= 0.3 is 0 Å². The molecule has 5 heteroatoms. The Morgan fingerprint density at radius 1 is 1.11 bits per heavy atom. The molecule has 2 aromatic carbocycles. The second-order valence-corrected chi connectivity index (χ2v) is 7.97. The summed E-state index contributed by atoms with van der Waals surface area (Å²) >= 11 is 1.52. The number of nitrogens with zero attached hydrogens (tertiary/aromatic N) is 2. The summed E-state index contributed by atoms with van der Waals surface area (Å²) in [6.07, 6.45) is 1.83. The van der Waals surface area contributed by atoms with Gasteiger partial charge in [-0.2, -0.15) is 0 Å². The van der Waals surface area contributed by atoms with Crippen molar-refractivity contribution in [1.82, 2.24) is 9.55 Å². The van der Waals surface area contributed by atoms with Crippen molar-refractivity contribution >= 4 is 33.3 Å². The Hall–Kier alpha value is -2.92. The summed E-state index contributed by atoms with van der Waals surface area (Å²) in [6, 6.07) is 18.2. The van der Waals surface area contributed by atoms with Gasteiger partial charge in [0.1, 0.15) is 0 Å². The Balaban J connectivity index is 1.63. The predicted molar refractivity (Wildman–Crippen MR) is 113 cm³/mol. The molecule has 0 saturated carbocycles. The SMILES string of the molecule is CC(C)c1cnc(NC(=O)c2ccc3c(c2)cc(-c2ccccc2)n3C)s1. The van der Waals surface area contributed by atoms with Crippen LogP contribution in [0.5, 0.6) is 0 Å². The van der Waals surface area contributed by atoms with Crippen molar-refractivity contribution in [1.29, 1.82) is 0 Å². The van der Waals surface area contributed by atoms with Crippen LogP contribution in [0.4, 0.5) is 5.13 Å². The van der Waals surface area contributed by atoms with E-state index in [1.165, 1.54) is 11.3 Å². The summed E-state index contributed by atoms with van der Waals surface area (Å²) in [7, 11) is 2.05. The van der Waals surface area contributed by atoms with Crippen molar-refractivity contribution in [3.05, 3.63) is 71.2 Å². The standard InChI is InChI=1S/C22H21N3OS/c1-14(2)20-13-23-22(27-20)24-21(26)16-9-10-18-17(11-16)12-19(25(18)3)15-7-5-4-6-8-15/h4-14H,1-3H3,(H,23,24,26). The van der Waals surface area contributed by atoms with Gasteiger partial charge in [-0.15, -0.1) is 11.3 Å². The third-order valence-electron chi connectivity index (χ3n) is 4.69. The fourth-order valence-electron chi connectivity index (χ4n) is 3.16. The van der Waals surface area contributed by atoms with Crippen LogP contribution in [0.3, 0.4) is 0 Å². The van der Waals surface area contributed by atoms with Crippen molar-refractivity contribution in [3.8, 4) is 11.3 Å². The molecule has 136 valence electrons. The van der Waals surface area contributed by atoms with Crippen molar-refractivity contribution in [2.24, 2.45) is 7.05 Å². The molecule has 4 rings (SSSR count). The molecule has 0 unspecified atom stereocenters. The minimum absolute atomic E-state index is 0.133. The zero-order valence-electron chi connectivity index (χ0n) is 15.6. The van der Waals surface area contributed by atoms with Crippen LogP contribution in [0.1, 0.15) is 35.0 Å². The summed E-state index contributed by atoms with van der Waals surface area (Å²) < 4.78 is 2.15. The number of anilines is 1. The first-order valence-electron chi connectivity index (χ1n) is 8.95. The fourth-order valence-corrected chi connectivity index (χ4v) is 3.97. The monoisotopic (exact) mass is 375 g/mol. The van der Waals surface area contributed by atoms with E-state index in [4.69, 9.17) is 0 Å². The molecule has 0 bridgehead atoms. The summed E-state index contributed by atoms with van der Waals surface area (Å²) in [5.41, 5.74) is 4.02. The van der Waals surface area contributed by atoms with E-state index in [1.807, 2.05) is 49.6 Å². The Morgan fingerprint density at radius 3 is 2.59 bits per heavy atom. The number of nitrogens with one attached hydrogen (secondary N) is 1. The number of hydrogen-bond donors (Lipinski definition) is 1. The van der Waals surface area contributed by atoms with E-state index >= 15 is 0 Å². The zero-order chi connectivity index (χ0) is 19.0. The van der Waals surface area contributed by atoms with Gasteiger partial charge in [-0.25, -0.2) is 4.98 Å². The lowest BCUT2D eigenvalue weighted by molar-refractivity contribution is 0.102. The van der Waals surface area contributed by atoms with Crippen LogP contribution in [0.25, 0.3) is 22.2 Å². The number of aromatic nitrogens is 2. The molecule has 4 aromatic rings. The minimum Gasteiger partial charge on any atom is -0.344 e. The maximum Gasteiger partial charge on any atom is 0.257 e. The van der Waals surface area contributed by atoms with E-state index in [2.05, 4.69) is 46.9 Å². The van der Waals surface area contributed by atoms with E-state index in [-0.39, 0.29) is 5.91 Å². The summed E-state index contributed by atoms with van der Waals surface area (Å²) in [5, 5.41) is 4.60. The number of hydrogen-bond acceptors (Lipinski definition) is 3. The van der Waals surface area contributed by atoms with Crippen LogP contribution >= 0.6 is 11.3 Å². The molecule has 2 aromatic heterocycles. The first-order chi connectivity index (χ1) is 13.0. The van der Waals surface area contributed by atoms with Crippen molar-refractivity contribution in [2.75, 3.05) is 5.32 Å². The summed E-state index contributed by atoms with van der Waals surface area (Å²) in [6.45, 7) is 4.24. The number of carbonyl (C=O) groups excluding carboxylic acids is 1. The lowest BCUT2D eigenvalue weighted by atomic mass is 10.1. The van der Waals surface area contributed by atoms with Gasteiger partial charge in [-0.3, -0.25) is 10.1 Å². The van der Waals surface area contributed by atoms with Crippen molar-refractivity contribution in [3.63, 3.8) is 0 Å². The molecule has 1 amide bonds. The summed E-state index contributed by atoms with van der Waals surface area (Å²) in [4.78, 5) is 18.1. The highest BCUT2D eigenvalue weighted by molar-refractivity contribution is 7.15. The Labute approximate surface area is 162 Å². The number of fused-ring (bicyclic) bond motifs is 1. The van der Waals surface area contributed by atoms with Crippen molar-refractivity contribution < 1.29 is 4.79 Å². The summed E-state index contributed by atoms with van der Waals surface area (Å²) in [5.74, 6) is 0.275. The molecular weight excluding hydrogens is 354 g/mol. The van der Waals surface area contributed by atoms with E-state index < -0.39 is 0 Å². The van der Waals surface area contributed by atoms with Gasteiger partial charge < -0.3 is 4.57 Å². The molecule has 4 nitrogen and oxygen atoms in total. The minimum atomic E-state index is -0.133. The Bertz CT molecular complexity index is 1110. The van der Waals surface area contributed by atoms with E-state index in [1.54, 1.807) is 0 Å². The third kappa shape index (κ3) is 3.38. The highest BCUT2D eigenvalue weighted by Crippen LogP contribution is 2.29. The number of thiazole rings is 1. The number of rotatable bonds is 4. The Morgan fingerprint density at radius 2 is 1.89 bits per heavy atom. The highest BCUT2D eigenvalue weighted by Gasteiger charge is 2.13. The lowest BCUT2D eigenvalue weighted by Crippen LogP contribution is -2.11. The number of carbonyl (C=O) groups is 1. The molecule has 1 N–H and O–H groups in total. The van der Waals surface area contributed by atoms with E-state index in [0.29, 0.717) is 16.6 Å². The number of aryl methyl sites for hydroxylation is 1. The van der Waals surface area contributed by atoms with Gasteiger partial charge in [0.2, 0.25) is 0 Å². The van der Waals surface area contributed by atoms with E-state index in [9.17, 15) is 4.79 Å². The molecule has 0 aliphatic carbocycles. The Kier molecular flexibility index (Phi) is 4.54. The van der Waals surface area contributed by atoms with Gasteiger partial charge in [0, 0.05) is 40.3 Å². The quantitative estimate of drug-likeness (QED) is 0.499. The maximum atomic E-state index is 12.6.